The maximum atomic E-state index is 13.2. The molecule has 1 unspecified atom stereocenters. The molecule has 1 aromatic rings. The summed E-state index contributed by atoms with van der Waals surface area (Å²) in [6.45, 7) is 0.409. The molecule has 0 bridgehead atoms. The molecule has 1 amide bonds. The molecule has 0 radical (unpaired) electrons. The highest BCUT2D eigenvalue weighted by atomic mass is 127. The van der Waals surface area contributed by atoms with Crippen LogP contribution in [0.4, 0.5) is 10.2 Å². The van der Waals surface area contributed by atoms with Gasteiger partial charge in [0.05, 0.1) is 3.57 Å². The Kier molecular flexibility index (Phi) is 2.87. The number of aromatic nitrogens is 1. The molecule has 2 heterocycles. The van der Waals surface area contributed by atoms with Gasteiger partial charge in [-0.1, -0.05) is 0 Å². The molecular formula is C9H9FIN3O. The van der Waals surface area contributed by atoms with Gasteiger partial charge >= 0.3 is 0 Å². The Morgan fingerprint density at radius 1 is 1.60 bits per heavy atom. The summed E-state index contributed by atoms with van der Waals surface area (Å²) in [5, 5.41) is 0. The van der Waals surface area contributed by atoms with Gasteiger partial charge in [-0.25, -0.2) is 4.98 Å². The van der Waals surface area contributed by atoms with Gasteiger partial charge in [-0.05, 0) is 34.7 Å². The summed E-state index contributed by atoms with van der Waals surface area (Å²) in [6, 6.07) is 3.04. The summed E-state index contributed by atoms with van der Waals surface area (Å²) in [6.07, 6.45) is 0.301. The van der Waals surface area contributed by atoms with Crippen molar-refractivity contribution in [3.05, 3.63) is 21.7 Å². The van der Waals surface area contributed by atoms with Crippen LogP contribution in [-0.4, -0.2) is 23.5 Å². The van der Waals surface area contributed by atoms with E-state index < -0.39 is 5.95 Å². The predicted octanol–water partition coefficient (Wildman–Crippen LogP) is 0.889. The van der Waals surface area contributed by atoms with E-state index in [1.807, 2.05) is 22.6 Å². The Morgan fingerprint density at radius 3 is 2.87 bits per heavy atom. The lowest BCUT2D eigenvalue weighted by Gasteiger charge is -2.14. The fourth-order valence-corrected chi connectivity index (χ4v) is 1.82. The van der Waals surface area contributed by atoms with Gasteiger partial charge in [0, 0.05) is 19.0 Å². The molecule has 1 aromatic heterocycles. The molecule has 0 spiro atoms. The Morgan fingerprint density at radius 2 is 2.33 bits per heavy atom. The third-order valence-corrected chi connectivity index (χ3v) is 3.02. The average Bonchev–Trinajstić information content (AvgIpc) is 2.50. The minimum Gasteiger partial charge on any atom is -0.326 e. The van der Waals surface area contributed by atoms with Crippen LogP contribution in [0, 0.1) is 9.52 Å². The van der Waals surface area contributed by atoms with Gasteiger partial charge in [-0.2, -0.15) is 4.39 Å². The van der Waals surface area contributed by atoms with E-state index in [1.54, 1.807) is 12.1 Å². The van der Waals surface area contributed by atoms with Gasteiger partial charge in [0.15, 0.2) is 0 Å². The third-order valence-electron chi connectivity index (χ3n) is 2.22. The van der Waals surface area contributed by atoms with Crippen molar-refractivity contribution in [3.8, 4) is 0 Å². The summed E-state index contributed by atoms with van der Waals surface area (Å²) in [4.78, 5) is 16.6. The zero-order valence-electron chi connectivity index (χ0n) is 7.78. The lowest BCUT2D eigenvalue weighted by atomic mass is 10.3. The van der Waals surface area contributed by atoms with E-state index in [2.05, 4.69) is 4.98 Å². The number of halogens is 2. The third kappa shape index (κ3) is 2.10. The van der Waals surface area contributed by atoms with Crippen LogP contribution in [0.25, 0.3) is 0 Å². The van der Waals surface area contributed by atoms with Crippen molar-refractivity contribution in [1.29, 1.82) is 0 Å². The second-order valence-electron chi connectivity index (χ2n) is 3.41. The van der Waals surface area contributed by atoms with Gasteiger partial charge in [0.1, 0.15) is 5.82 Å². The number of nitrogens with two attached hydrogens (primary N) is 1. The first-order valence-electron chi connectivity index (χ1n) is 4.46. The summed E-state index contributed by atoms with van der Waals surface area (Å²) in [7, 11) is 0. The first-order valence-corrected chi connectivity index (χ1v) is 5.54. The van der Waals surface area contributed by atoms with Crippen LogP contribution in [0.1, 0.15) is 6.42 Å². The van der Waals surface area contributed by atoms with Gasteiger partial charge in [0.25, 0.3) is 0 Å². The fraction of sp³-hybridized carbons (Fsp3) is 0.333. The fourth-order valence-electron chi connectivity index (χ4n) is 1.51. The highest BCUT2D eigenvalue weighted by molar-refractivity contribution is 14.1. The van der Waals surface area contributed by atoms with Crippen molar-refractivity contribution in [2.45, 2.75) is 12.5 Å². The zero-order chi connectivity index (χ0) is 11.0. The zero-order valence-corrected chi connectivity index (χ0v) is 9.94. The van der Waals surface area contributed by atoms with Crippen LogP contribution in [0.3, 0.4) is 0 Å². The van der Waals surface area contributed by atoms with Crippen molar-refractivity contribution < 1.29 is 9.18 Å². The molecule has 6 heteroatoms. The summed E-state index contributed by atoms with van der Waals surface area (Å²) >= 11 is 1.85. The first kappa shape index (κ1) is 10.7. The SMILES string of the molecule is NC1CC(=O)N(c2ccc(I)c(F)n2)C1. The molecule has 0 aromatic carbocycles. The lowest BCUT2D eigenvalue weighted by Crippen LogP contribution is -2.28. The number of carbonyl (C=O) groups is 1. The number of nitrogens with zero attached hydrogens (tertiary/aromatic N) is 2. The molecule has 15 heavy (non-hydrogen) atoms. The van der Waals surface area contributed by atoms with Crippen LogP contribution in [0.2, 0.25) is 0 Å². The number of rotatable bonds is 1. The highest BCUT2D eigenvalue weighted by Crippen LogP contribution is 2.20. The van der Waals surface area contributed by atoms with E-state index >= 15 is 0 Å². The first-order chi connectivity index (χ1) is 7.08. The molecule has 1 aliphatic rings. The minimum atomic E-state index is -0.554. The van der Waals surface area contributed by atoms with Crippen LogP contribution < -0.4 is 10.6 Å². The number of pyridine rings is 1. The summed E-state index contributed by atoms with van der Waals surface area (Å²) in [5.41, 5.74) is 5.64. The van der Waals surface area contributed by atoms with Crippen LogP contribution >= 0.6 is 22.6 Å². The van der Waals surface area contributed by atoms with E-state index in [-0.39, 0.29) is 11.9 Å². The number of anilines is 1. The Bertz CT molecular complexity index is 412. The van der Waals surface area contributed by atoms with Crippen molar-refractivity contribution >= 4 is 34.3 Å². The van der Waals surface area contributed by atoms with E-state index in [0.717, 1.165) is 0 Å². The van der Waals surface area contributed by atoms with E-state index in [1.165, 1.54) is 4.90 Å². The molecule has 2 N–H and O–H groups in total. The number of hydrogen-bond donors (Lipinski definition) is 1. The lowest BCUT2D eigenvalue weighted by molar-refractivity contribution is -0.117. The monoisotopic (exact) mass is 321 g/mol. The molecule has 0 saturated carbocycles. The molecule has 1 atom stereocenters. The Balaban J connectivity index is 2.30. The average molecular weight is 321 g/mol. The molecule has 4 nitrogen and oxygen atoms in total. The van der Waals surface area contributed by atoms with Crippen molar-refractivity contribution in [2.24, 2.45) is 5.73 Å². The molecule has 2 rings (SSSR count). The van der Waals surface area contributed by atoms with Crippen LogP contribution in [0.15, 0.2) is 12.1 Å². The largest absolute Gasteiger partial charge is 0.326 e. The molecule has 80 valence electrons. The number of carbonyl (C=O) groups excluding carboxylic acids is 1. The standard InChI is InChI=1S/C9H9FIN3O/c10-9-6(11)1-2-7(13-9)14-4-5(12)3-8(14)15/h1-2,5H,3-4,12H2. The van der Waals surface area contributed by atoms with E-state index in [0.29, 0.717) is 22.4 Å². The highest BCUT2D eigenvalue weighted by Gasteiger charge is 2.29. The number of hydrogen-bond acceptors (Lipinski definition) is 3. The van der Waals surface area contributed by atoms with Gasteiger partial charge < -0.3 is 5.73 Å². The quantitative estimate of drug-likeness (QED) is 0.617. The van der Waals surface area contributed by atoms with Crippen molar-refractivity contribution in [1.82, 2.24) is 4.98 Å². The normalized spacial score (nSPS) is 21.1. The minimum absolute atomic E-state index is 0.101. The maximum absolute atomic E-state index is 13.2. The molecule has 0 aliphatic carbocycles. The topological polar surface area (TPSA) is 59.2 Å². The Labute approximate surface area is 99.8 Å². The van der Waals surface area contributed by atoms with Gasteiger partial charge in [0.2, 0.25) is 11.9 Å². The van der Waals surface area contributed by atoms with Crippen molar-refractivity contribution in [2.75, 3.05) is 11.4 Å². The van der Waals surface area contributed by atoms with E-state index in [9.17, 15) is 9.18 Å². The maximum Gasteiger partial charge on any atom is 0.229 e. The van der Waals surface area contributed by atoms with Gasteiger partial charge in [-0.15, -0.1) is 0 Å². The molecule has 1 fully saturated rings. The van der Waals surface area contributed by atoms with Crippen molar-refractivity contribution in [3.63, 3.8) is 0 Å². The van der Waals surface area contributed by atoms with E-state index in [4.69, 9.17) is 5.73 Å². The van der Waals surface area contributed by atoms with Crippen LogP contribution in [-0.2, 0) is 4.79 Å². The predicted molar refractivity (Wildman–Crippen MR) is 61.9 cm³/mol. The smallest absolute Gasteiger partial charge is 0.229 e. The molecule has 1 saturated heterocycles. The second kappa shape index (κ2) is 4.01. The molecule has 1 aliphatic heterocycles. The van der Waals surface area contributed by atoms with Crippen LogP contribution in [0.5, 0.6) is 0 Å². The van der Waals surface area contributed by atoms with Gasteiger partial charge in [-0.3, -0.25) is 9.69 Å². The Hall–Kier alpha value is -0.760. The second-order valence-corrected chi connectivity index (χ2v) is 4.57. The number of amides is 1. The summed E-state index contributed by atoms with van der Waals surface area (Å²) < 4.78 is 13.6. The molecular weight excluding hydrogens is 312 g/mol. The summed E-state index contributed by atoms with van der Waals surface area (Å²) in [5.74, 6) is -0.317.